The number of nitrogens with one attached hydrogen (secondary N) is 1. The molecule has 4 nitrogen and oxygen atoms in total. The molecule has 4 heteroatoms. The molecule has 0 aromatic carbocycles. The lowest BCUT2D eigenvalue weighted by atomic mass is 10.0. The van der Waals surface area contributed by atoms with Gasteiger partial charge in [0.2, 0.25) is 0 Å². The van der Waals surface area contributed by atoms with E-state index in [1.807, 2.05) is 0 Å². The van der Waals surface area contributed by atoms with Gasteiger partial charge in [0, 0.05) is 38.9 Å². The monoisotopic (exact) mass is 258 g/mol. The number of ether oxygens (including phenoxy) is 2. The van der Waals surface area contributed by atoms with Crippen molar-refractivity contribution in [1.29, 1.82) is 0 Å². The molecule has 0 saturated carbocycles. The smallest absolute Gasteiger partial charge is 0.0630 e. The number of methoxy groups -OCH3 is 1. The number of likely N-dealkylation sites (N-methyl/N-ethyl adjacent to an activating group) is 1. The molecule has 0 spiro atoms. The fourth-order valence-corrected chi connectivity index (χ4v) is 2.41. The number of hydrogen-bond donors (Lipinski definition) is 1. The lowest BCUT2D eigenvalue weighted by Gasteiger charge is -2.33. The lowest BCUT2D eigenvalue weighted by molar-refractivity contribution is 0.0266. The Morgan fingerprint density at radius 2 is 2.22 bits per heavy atom. The maximum atomic E-state index is 5.55. The standard InChI is InChI=1S/C14H30N2O2/c1-12(2)15-8-14(11-17-4)16(3)9-13-6-5-7-18-10-13/h12-15H,5-11H2,1-4H3. The third-order valence-corrected chi connectivity index (χ3v) is 3.54. The Labute approximate surface area is 112 Å². The third-order valence-electron chi connectivity index (χ3n) is 3.54. The summed E-state index contributed by atoms with van der Waals surface area (Å²) in [6.45, 7) is 9.09. The predicted molar refractivity (Wildman–Crippen MR) is 75.0 cm³/mol. The summed E-state index contributed by atoms with van der Waals surface area (Å²) in [6.07, 6.45) is 2.50. The molecule has 0 bridgehead atoms. The van der Waals surface area contributed by atoms with Crippen LogP contribution in [0.1, 0.15) is 26.7 Å². The quantitative estimate of drug-likeness (QED) is 0.713. The SMILES string of the molecule is COCC(CNC(C)C)N(C)CC1CCCOC1. The highest BCUT2D eigenvalue weighted by molar-refractivity contribution is 4.76. The molecule has 2 unspecified atom stereocenters. The van der Waals surface area contributed by atoms with Crippen LogP contribution in [0.25, 0.3) is 0 Å². The molecule has 18 heavy (non-hydrogen) atoms. The first-order valence-electron chi connectivity index (χ1n) is 7.13. The van der Waals surface area contributed by atoms with Gasteiger partial charge in [0.15, 0.2) is 0 Å². The second-order valence-electron chi connectivity index (χ2n) is 5.69. The van der Waals surface area contributed by atoms with Crippen molar-refractivity contribution in [3.05, 3.63) is 0 Å². The molecular formula is C14H30N2O2. The van der Waals surface area contributed by atoms with Gasteiger partial charge in [-0.1, -0.05) is 13.8 Å². The van der Waals surface area contributed by atoms with Crippen LogP contribution in [0.15, 0.2) is 0 Å². The Balaban J connectivity index is 2.34. The van der Waals surface area contributed by atoms with Crippen molar-refractivity contribution < 1.29 is 9.47 Å². The summed E-state index contributed by atoms with van der Waals surface area (Å²) in [5.41, 5.74) is 0. The van der Waals surface area contributed by atoms with Crippen LogP contribution in [-0.2, 0) is 9.47 Å². The first kappa shape index (κ1) is 15.9. The molecule has 1 aliphatic heterocycles. The zero-order valence-electron chi connectivity index (χ0n) is 12.4. The van der Waals surface area contributed by atoms with Crippen molar-refractivity contribution in [2.24, 2.45) is 5.92 Å². The van der Waals surface area contributed by atoms with Gasteiger partial charge >= 0.3 is 0 Å². The van der Waals surface area contributed by atoms with E-state index in [0.717, 1.165) is 32.9 Å². The fourth-order valence-electron chi connectivity index (χ4n) is 2.41. The molecule has 1 rings (SSSR count). The van der Waals surface area contributed by atoms with Crippen molar-refractivity contribution in [3.63, 3.8) is 0 Å². The van der Waals surface area contributed by atoms with Gasteiger partial charge in [0.25, 0.3) is 0 Å². The molecule has 0 amide bonds. The van der Waals surface area contributed by atoms with Crippen LogP contribution in [0, 0.1) is 5.92 Å². The highest BCUT2D eigenvalue weighted by Crippen LogP contribution is 2.15. The molecule has 108 valence electrons. The molecule has 1 heterocycles. The van der Waals surface area contributed by atoms with Crippen molar-refractivity contribution in [2.45, 2.75) is 38.8 Å². The van der Waals surface area contributed by atoms with Gasteiger partial charge in [0.05, 0.1) is 13.2 Å². The lowest BCUT2D eigenvalue weighted by Crippen LogP contribution is -2.47. The number of nitrogens with zero attached hydrogens (tertiary/aromatic N) is 1. The van der Waals surface area contributed by atoms with Gasteiger partial charge < -0.3 is 14.8 Å². The Hall–Kier alpha value is -0.160. The van der Waals surface area contributed by atoms with E-state index < -0.39 is 0 Å². The predicted octanol–water partition coefficient (Wildman–Crippen LogP) is 1.36. The van der Waals surface area contributed by atoms with Gasteiger partial charge in [-0.2, -0.15) is 0 Å². The van der Waals surface area contributed by atoms with E-state index >= 15 is 0 Å². The first-order valence-corrected chi connectivity index (χ1v) is 7.13. The molecule has 2 atom stereocenters. The summed E-state index contributed by atoms with van der Waals surface area (Å²) in [5, 5.41) is 3.50. The van der Waals surface area contributed by atoms with Gasteiger partial charge in [-0.3, -0.25) is 4.90 Å². The minimum Gasteiger partial charge on any atom is -0.383 e. The highest BCUT2D eigenvalue weighted by atomic mass is 16.5. The molecule has 1 fully saturated rings. The number of rotatable bonds is 8. The van der Waals surface area contributed by atoms with E-state index in [-0.39, 0.29) is 0 Å². The molecule has 0 radical (unpaired) electrons. The normalized spacial score (nSPS) is 22.7. The van der Waals surface area contributed by atoms with E-state index in [4.69, 9.17) is 9.47 Å². The van der Waals surface area contributed by atoms with Gasteiger partial charge in [-0.25, -0.2) is 0 Å². The summed E-state index contributed by atoms with van der Waals surface area (Å²) in [4.78, 5) is 2.41. The maximum absolute atomic E-state index is 5.55. The second-order valence-corrected chi connectivity index (χ2v) is 5.69. The largest absolute Gasteiger partial charge is 0.383 e. The van der Waals surface area contributed by atoms with Crippen LogP contribution in [0.4, 0.5) is 0 Å². The van der Waals surface area contributed by atoms with E-state index in [1.165, 1.54) is 12.8 Å². The van der Waals surface area contributed by atoms with Crippen LogP contribution < -0.4 is 5.32 Å². The van der Waals surface area contributed by atoms with E-state index in [2.05, 4.69) is 31.1 Å². The molecule has 1 N–H and O–H groups in total. The van der Waals surface area contributed by atoms with Crippen LogP contribution >= 0.6 is 0 Å². The zero-order valence-corrected chi connectivity index (χ0v) is 12.4. The molecule has 1 saturated heterocycles. The van der Waals surface area contributed by atoms with Crippen LogP contribution in [0.5, 0.6) is 0 Å². The van der Waals surface area contributed by atoms with Crippen LogP contribution in [-0.4, -0.2) is 64.1 Å². The van der Waals surface area contributed by atoms with Crippen molar-refractivity contribution in [3.8, 4) is 0 Å². The Bertz CT molecular complexity index is 206. The Morgan fingerprint density at radius 3 is 2.78 bits per heavy atom. The first-order chi connectivity index (χ1) is 8.63. The summed E-state index contributed by atoms with van der Waals surface area (Å²) in [7, 11) is 3.97. The second kappa shape index (κ2) is 8.86. The van der Waals surface area contributed by atoms with Crippen molar-refractivity contribution in [2.75, 3.05) is 47.1 Å². The maximum Gasteiger partial charge on any atom is 0.0630 e. The number of hydrogen-bond acceptors (Lipinski definition) is 4. The van der Waals surface area contributed by atoms with Crippen LogP contribution in [0.2, 0.25) is 0 Å². The zero-order chi connectivity index (χ0) is 13.4. The van der Waals surface area contributed by atoms with E-state index in [0.29, 0.717) is 18.0 Å². The Morgan fingerprint density at radius 1 is 1.44 bits per heavy atom. The molecule has 0 aliphatic carbocycles. The molecule has 1 aliphatic rings. The van der Waals surface area contributed by atoms with Gasteiger partial charge in [-0.05, 0) is 25.8 Å². The minimum atomic E-state index is 0.444. The topological polar surface area (TPSA) is 33.7 Å². The molecular weight excluding hydrogens is 228 g/mol. The summed E-state index contributed by atoms with van der Waals surface area (Å²) in [5.74, 6) is 0.683. The molecule has 0 aromatic heterocycles. The summed E-state index contributed by atoms with van der Waals surface area (Å²) in [6, 6.07) is 0.968. The van der Waals surface area contributed by atoms with Crippen LogP contribution in [0.3, 0.4) is 0 Å². The fraction of sp³-hybridized carbons (Fsp3) is 1.00. The van der Waals surface area contributed by atoms with E-state index in [9.17, 15) is 0 Å². The highest BCUT2D eigenvalue weighted by Gasteiger charge is 2.21. The summed E-state index contributed by atoms with van der Waals surface area (Å²) < 4.78 is 10.9. The average molecular weight is 258 g/mol. The molecule has 0 aromatic rings. The average Bonchev–Trinajstić information content (AvgIpc) is 2.35. The van der Waals surface area contributed by atoms with Crippen molar-refractivity contribution in [1.82, 2.24) is 10.2 Å². The van der Waals surface area contributed by atoms with E-state index in [1.54, 1.807) is 7.11 Å². The van der Waals surface area contributed by atoms with Gasteiger partial charge in [-0.15, -0.1) is 0 Å². The Kier molecular flexibility index (Phi) is 7.82. The van der Waals surface area contributed by atoms with Gasteiger partial charge in [0.1, 0.15) is 0 Å². The minimum absolute atomic E-state index is 0.444. The van der Waals surface area contributed by atoms with Crippen molar-refractivity contribution >= 4 is 0 Å². The third kappa shape index (κ3) is 6.14. The summed E-state index contributed by atoms with van der Waals surface area (Å²) >= 11 is 0.